The molecule has 20 heavy (non-hydrogen) atoms. The van der Waals surface area contributed by atoms with E-state index in [9.17, 15) is 4.79 Å². The monoisotopic (exact) mass is 299 g/mol. The van der Waals surface area contributed by atoms with E-state index in [2.05, 4.69) is 20.7 Å². The first-order chi connectivity index (χ1) is 9.22. The lowest BCUT2D eigenvalue weighted by Crippen LogP contribution is -2.51. The third kappa shape index (κ3) is 3.30. The average Bonchev–Trinajstić information content (AvgIpc) is 2.79. The standard InChI is InChI=1S/C13H21N5O.ClH/c1-9-15-12-6-5-10(8-18(12)17-9)16-13(19)11-4-2-3-7-14-11;/h10-11,14H,2-8H2,1H3,(H,16,19);1H. The molecule has 1 saturated heterocycles. The molecule has 112 valence electrons. The first-order valence-corrected chi connectivity index (χ1v) is 7.16. The van der Waals surface area contributed by atoms with Gasteiger partial charge in [-0.05, 0) is 32.7 Å². The van der Waals surface area contributed by atoms with Gasteiger partial charge in [-0.3, -0.25) is 4.79 Å². The average molecular weight is 300 g/mol. The van der Waals surface area contributed by atoms with Gasteiger partial charge in [0.15, 0.2) is 0 Å². The summed E-state index contributed by atoms with van der Waals surface area (Å²) in [7, 11) is 0. The van der Waals surface area contributed by atoms with Gasteiger partial charge in [-0.1, -0.05) is 6.42 Å². The molecule has 0 spiro atoms. The van der Waals surface area contributed by atoms with Gasteiger partial charge in [-0.2, -0.15) is 5.10 Å². The van der Waals surface area contributed by atoms with Gasteiger partial charge < -0.3 is 10.6 Å². The number of aromatic nitrogens is 3. The lowest BCUT2D eigenvalue weighted by molar-refractivity contribution is -0.124. The molecule has 2 aliphatic rings. The summed E-state index contributed by atoms with van der Waals surface area (Å²) in [6, 6.07) is 0.178. The number of nitrogens with zero attached hydrogens (tertiary/aromatic N) is 3. The third-order valence-electron chi connectivity index (χ3n) is 3.94. The Balaban J connectivity index is 0.00000147. The molecule has 6 nitrogen and oxygen atoms in total. The van der Waals surface area contributed by atoms with Crippen LogP contribution in [0.25, 0.3) is 0 Å². The summed E-state index contributed by atoms with van der Waals surface area (Å²) >= 11 is 0. The summed E-state index contributed by atoms with van der Waals surface area (Å²) in [5.74, 6) is 2.00. The fourth-order valence-corrected chi connectivity index (χ4v) is 2.93. The van der Waals surface area contributed by atoms with Crippen molar-refractivity contribution >= 4 is 18.3 Å². The van der Waals surface area contributed by atoms with Crippen molar-refractivity contribution in [3.8, 4) is 0 Å². The summed E-state index contributed by atoms with van der Waals surface area (Å²) < 4.78 is 1.93. The quantitative estimate of drug-likeness (QED) is 0.838. The highest BCUT2D eigenvalue weighted by atomic mass is 35.5. The fourth-order valence-electron chi connectivity index (χ4n) is 2.93. The highest BCUT2D eigenvalue weighted by Gasteiger charge is 2.26. The molecule has 1 aromatic heterocycles. The van der Waals surface area contributed by atoms with Gasteiger partial charge in [0, 0.05) is 12.5 Å². The van der Waals surface area contributed by atoms with Crippen LogP contribution in [-0.2, 0) is 17.8 Å². The molecule has 0 radical (unpaired) electrons. The Hall–Kier alpha value is -1.14. The molecular weight excluding hydrogens is 278 g/mol. The molecule has 0 aromatic carbocycles. The number of carbonyl (C=O) groups excluding carboxylic acids is 1. The Morgan fingerprint density at radius 1 is 1.40 bits per heavy atom. The predicted molar refractivity (Wildman–Crippen MR) is 77.9 cm³/mol. The van der Waals surface area contributed by atoms with E-state index in [0.29, 0.717) is 0 Å². The van der Waals surface area contributed by atoms with E-state index in [1.54, 1.807) is 0 Å². The van der Waals surface area contributed by atoms with Crippen LogP contribution in [0, 0.1) is 6.92 Å². The Kier molecular flexibility index (Phi) is 4.99. The van der Waals surface area contributed by atoms with Crippen LogP contribution in [0.4, 0.5) is 0 Å². The van der Waals surface area contributed by atoms with Crippen molar-refractivity contribution in [1.29, 1.82) is 0 Å². The van der Waals surface area contributed by atoms with Crippen molar-refractivity contribution < 1.29 is 4.79 Å². The van der Waals surface area contributed by atoms with Crippen LogP contribution in [0.1, 0.15) is 37.3 Å². The van der Waals surface area contributed by atoms with Gasteiger partial charge in [0.2, 0.25) is 5.91 Å². The van der Waals surface area contributed by atoms with Gasteiger partial charge in [0.1, 0.15) is 11.6 Å². The lowest BCUT2D eigenvalue weighted by Gasteiger charge is -2.28. The molecule has 0 aliphatic carbocycles. The normalized spacial score (nSPS) is 25.4. The molecule has 1 fully saturated rings. The highest BCUT2D eigenvalue weighted by Crippen LogP contribution is 2.14. The van der Waals surface area contributed by atoms with Gasteiger partial charge in [-0.25, -0.2) is 9.67 Å². The molecule has 0 bridgehead atoms. The summed E-state index contributed by atoms with van der Waals surface area (Å²) in [4.78, 5) is 16.5. The molecule has 2 aliphatic heterocycles. The maximum absolute atomic E-state index is 12.2. The van der Waals surface area contributed by atoms with E-state index in [1.807, 2.05) is 11.6 Å². The molecule has 0 saturated carbocycles. The van der Waals surface area contributed by atoms with Crippen LogP contribution in [0.15, 0.2) is 0 Å². The molecule has 2 atom stereocenters. The Morgan fingerprint density at radius 3 is 3.00 bits per heavy atom. The topological polar surface area (TPSA) is 71.8 Å². The van der Waals surface area contributed by atoms with Crippen LogP contribution in [0.5, 0.6) is 0 Å². The minimum Gasteiger partial charge on any atom is -0.350 e. The Bertz CT molecular complexity index is 469. The fraction of sp³-hybridized carbons (Fsp3) is 0.769. The van der Waals surface area contributed by atoms with Crippen molar-refractivity contribution in [1.82, 2.24) is 25.4 Å². The van der Waals surface area contributed by atoms with Gasteiger partial charge in [-0.15, -0.1) is 12.4 Å². The van der Waals surface area contributed by atoms with E-state index in [4.69, 9.17) is 0 Å². The molecule has 2 N–H and O–H groups in total. The number of piperidine rings is 1. The number of hydrogen-bond acceptors (Lipinski definition) is 4. The summed E-state index contributed by atoms with van der Waals surface area (Å²) in [5, 5.41) is 10.8. The van der Waals surface area contributed by atoms with Crippen molar-refractivity contribution in [3.05, 3.63) is 11.6 Å². The highest BCUT2D eigenvalue weighted by molar-refractivity contribution is 5.85. The summed E-state index contributed by atoms with van der Waals surface area (Å²) in [5.41, 5.74) is 0. The van der Waals surface area contributed by atoms with Gasteiger partial charge in [0.25, 0.3) is 0 Å². The molecule has 3 heterocycles. The Morgan fingerprint density at radius 2 is 2.25 bits per heavy atom. The first-order valence-electron chi connectivity index (χ1n) is 7.16. The molecule has 1 amide bonds. The summed E-state index contributed by atoms with van der Waals surface area (Å²) in [6.45, 7) is 3.61. The molecule has 2 unspecified atom stereocenters. The van der Waals surface area contributed by atoms with E-state index < -0.39 is 0 Å². The third-order valence-corrected chi connectivity index (χ3v) is 3.94. The minimum atomic E-state index is -0.00682. The zero-order valence-corrected chi connectivity index (χ0v) is 12.6. The van der Waals surface area contributed by atoms with Crippen LogP contribution in [0.2, 0.25) is 0 Å². The number of aryl methyl sites for hydroxylation is 2. The van der Waals surface area contributed by atoms with E-state index in [1.165, 1.54) is 6.42 Å². The van der Waals surface area contributed by atoms with Crippen LogP contribution < -0.4 is 10.6 Å². The zero-order valence-electron chi connectivity index (χ0n) is 11.8. The van der Waals surface area contributed by atoms with Crippen molar-refractivity contribution in [3.63, 3.8) is 0 Å². The molecule has 3 rings (SSSR count). The molecule has 7 heteroatoms. The number of nitrogens with one attached hydrogen (secondary N) is 2. The van der Waals surface area contributed by atoms with E-state index >= 15 is 0 Å². The number of halogens is 1. The second-order valence-corrected chi connectivity index (χ2v) is 5.50. The number of hydrogen-bond donors (Lipinski definition) is 2. The zero-order chi connectivity index (χ0) is 13.2. The van der Waals surface area contributed by atoms with Crippen molar-refractivity contribution in [2.75, 3.05) is 6.54 Å². The van der Waals surface area contributed by atoms with Crippen LogP contribution >= 0.6 is 12.4 Å². The van der Waals surface area contributed by atoms with Gasteiger partial charge in [0.05, 0.1) is 12.6 Å². The second kappa shape index (κ2) is 6.54. The van der Waals surface area contributed by atoms with Crippen molar-refractivity contribution in [2.24, 2.45) is 0 Å². The number of carbonyl (C=O) groups is 1. The second-order valence-electron chi connectivity index (χ2n) is 5.50. The van der Waals surface area contributed by atoms with E-state index in [-0.39, 0.29) is 30.4 Å². The Labute approximate surface area is 125 Å². The van der Waals surface area contributed by atoms with E-state index in [0.717, 1.165) is 50.4 Å². The number of rotatable bonds is 2. The molecule has 1 aromatic rings. The molecular formula is C13H22ClN5O. The number of fused-ring (bicyclic) bond motifs is 1. The van der Waals surface area contributed by atoms with Gasteiger partial charge >= 0.3 is 0 Å². The number of amides is 1. The van der Waals surface area contributed by atoms with Crippen LogP contribution in [-0.4, -0.2) is 39.3 Å². The first kappa shape index (κ1) is 15.3. The predicted octanol–water partition coefficient (Wildman–Crippen LogP) is 0.581. The maximum atomic E-state index is 12.2. The largest absolute Gasteiger partial charge is 0.350 e. The summed E-state index contributed by atoms with van der Waals surface area (Å²) in [6.07, 6.45) is 5.11. The minimum absolute atomic E-state index is 0. The van der Waals surface area contributed by atoms with Crippen LogP contribution in [0.3, 0.4) is 0 Å². The van der Waals surface area contributed by atoms with Crippen molar-refractivity contribution in [2.45, 2.75) is 57.7 Å². The SMILES string of the molecule is Cc1nc2n(n1)CC(NC(=O)C1CCCCN1)CC2.Cl. The maximum Gasteiger partial charge on any atom is 0.237 e. The smallest absolute Gasteiger partial charge is 0.237 e. The lowest BCUT2D eigenvalue weighted by atomic mass is 10.0.